The van der Waals surface area contributed by atoms with Crippen LogP contribution >= 0.6 is 0 Å². The molecule has 1 fully saturated rings. The lowest BCUT2D eigenvalue weighted by atomic mass is 10.0. The zero-order chi connectivity index (χ0) is 19.4. The fourth-order valence-electron chi connectivity index (χ4n) is 3.56. The lowest BCUT2D eigenvalue weighted by molar-refractivity contribution is -0.139. The maximum Gasteiger partial charge on any atom is 0.317 e. The van der Waals surface area contributed by atoms with E-state index in [9.17, 15) is 9.59 Å². The molecular weight excluding hydrogens is 346 g/mol. The van der Waals surface area contributed by atoms with E-state index in [2.05, 4.69) is 4.98 Å². The maximum atomic E-state index is 12.9. The van der Waals surface area contributed by atoms with Crippen molar-refractivity contribution in [3.63, 3.8) is 0 Å². The molecule has 7 heteroatoms. The number of oxazole rings is 1. The summed E-state index contributed by atoms with van der Waals surface area (Å²) in [5.74, 6) is 0.0205. The number of carbonyl (C=O) groups is 2. The van der Waals surface area contributed by atoms with Gasteiger partial charge >= 0.3 is 5.97 Å². The highest BCUT2D eigenvalue weighted by Crippen LogP contribution is 2.24. The Morgan fingerprint density at radius 1 is 1.26 bits per heavy atom. The number of hydrogen-bond acceptors (Lipinski definition) is 5. The fourth-order valence-corrected chi connectivity index (χ4v) is 3.56. The molecule has 1 saturated heterocycles. The number of rotatable bonds is 6. The van der Waals surface area contributed by atoms with Gasteiger partial charge in [0.05, 0.1) is 6.54 Å². The number of likely N-dealkylation sites (N-methyl/N-ethyl adjacent to an activating group) is 1. The van der Waals surface area contributed by atoms with Crippen LogP contribution < -0.4 is 0 Å². The van der Waals surface area contributed by atoms with Gasteiger partial charge in [-0.05, 0) is 38.4 Å². The predicted molar refractivity (Wildman–Crippen MR) is 100 cm³/mol. The third-order valence-corrected chi connectivity index (χ3v) is 5.03. The van der Waals surface area contributed by atoms with Gasteiger partial charge in [0.1, 0.15) is 5.76 Å². The van der Waals surface area contributed by atoms with Crippen molar-refractivity contribution in [2.45, 2.75) is 32.7 Å². The van der Waals surface area contributed by atoms with Gasteiger partial charge in [-0.3, -0.25) is 14.5 Å². The van der Waals surface area contributed by atoms with Crippen molar-refractivity contribution in [3.05, 3.63) is 41.8 Å². The zero-order valence-electron chi connectivity index (χ0n) is 15.7. The number of amides is 1. The molecule has 1 N–H and O–H groups in total. The van der Waals surface area contributed by atoms with E-state index in [1.165, 1.54) is 0 Å². The summed E-state index contributed by atoms with van der Waals surface area (Å²) < 4.78 is 5.70. The van der Waals surface area contributed by atoms with Crippen molar-refractivity contribution in [1.82, 2.24) is 14.8 Å². The van der Waals surface area contributed by atoms with Crippen molar-refractivity contribution < 1.29 is 19.1 Å². The number of aryl methyl sites for hydroxylation is 1. The van der Waals surface area contributed by atoms with E-state index in [-0.39, 0.29) is 18.5 Å². The summed E-state index contributed by atoms with van der Waals surface area (Å²) >= 11 is 0. The van der Waals surface area contributed by atoms with Gasteiger partial charge in [-0.15, -0.1) is 0 Å². The van der Waals surface area contributed by atoms with Gasteiger partial charge in [-0.2, -0.15) is 0 Å². The molecule has 1 aromatic heterocycles. The Morgan fingerprint density at radius 3 is 2.52 bits per heavy atom. The average Bonchev–Trinajstić information content (AvgIpc) is 3.08. The highest BCUT2D eigenvalue weighted by molar-refractivity contribution is 5.93. The van der Waals surface area contributed by atoms with Gasteiger partial charge in [0.2, 0.25) is 5.89 Å². The Balaban J connectivity index is 1.66. The molecule has 1 aliphatic rings. The minimum absolute atomic E-state index is 0.0396. The Labute approximate surface area is 158 Å². The molecule has 0 spiro atoms. The molecule has 2 aromatic rings. The Hall–Kier alpha value is -2.67. The number of likely N-dealkylation sites (tertiary alicyclic amines) is 1. The van der Waals surface area contributed by atoms with Gasteiger partial charge in [0.15, 0.2) is 5.69 Å². The molecular formula is C20H25N3O4. The van der Waals surface area contributed by atoms with Crippen LogP contribution in [-0.2, 0) is 4.79 Å². The van der Waals surface area contributed by atoms with Gasteiger partial charge in [0.25, 0.3) is 5.91 Å². The summed E-state index contributed by atoms with van der Waals surface area (Å²) in [6, 6.07) is 9.70. The highest BCUT2D eigenvalue weighted by Gasteiger charge is 2.30. The number of hydrogen-bond donors (Lipinski definition) is 1. The summed E-state index contributed by atoms with van der Waals surface area (Å²) in [7, 11) is 0. The average molecular weight is 371 g/mol. The van der Waals surface area contributed by atoms with Crippen molar-refractivity contribution in [2.24, 2.45) is 0 Å². The SMILES string of the molecule is CCN(CC(=O)O)C1CCN(C(=O)c2nc(-c3ccccc3)oc2C)CC1. The van der Waals surface area contributed by atoms with Crippen LogP contribution in [0.25, 0.3) is 11.5 Å². The zero-order valence-corrected chi connectivity index (χ0v) is 15.7. The molecule has 1 aliphatic heterocycles. The predicted octanol–water partition coefficient (Wildman–Crippen LogP) is 2.66. The molecule has 7 nitrogen and oxygen atoms in total. The number of carbonyl (C=O) groups excluding carboxylic acids is 1. The van der Waals surface area contributed by atoms with Gasteiger partial charge in [-0.25, -0.2) is 4.98 Å². The first kappa shape index (κ1) is 19.1. The highest BCUT2D eigenvalue weighted by atomic mass is 16.4. The van der Waals surface area contributed by atoms with E-state index >= 15 is 0 Å². The number of piperidine rings is 1. The molecule has 2 heterocycles. The lowest BCUT2D eigenvalue weighted by Gasteiger charge is -2.37. The van der Waals surface area contributed by atoms with E-state index < -0.39 is 5.97 Å². The number of carboxylic acid groups (broad SMARTS) is 1. The molecule has 144 valence electrons. The largest absolute Gasteiger partial charge is 0.480 e. The standard InChI is InChI=1S/C20H25N3O4/c1-3-22(13-17(24)25)16-9-11-23(12-10-16)20(26)18-14(2)27-19(21-18)15-7-5-4-6-8-15/h4-8,16H,3,9-13H2,1-2H3,(H,24,25). The van der Waals surface area contributed by atoms with E-state index in [0.717, 1.165) is 18.4 Å². The molecule has 27 heavy (non-hydrogen) atoms. The van der Waals surface area contributed by atoms with Crippen molar-refractivity contribution in [3.8, 4) is 11.5 Å². The maximum absolute atomic E-state index is 12.9. The minimum atomic E-state index is -0.818. The van der Waals surface area contributed by atoms with Crippen LogP contribution in [0.2, 0.25) is 0 Å². The van der Waals surface area contributed by atoms with Crippen LogP contribution in [0.5, 0.6) is 0 Å². The molecule has 1 aromatic carbocycles. The van der Waals surface area contributed by atoms with Crippen LogP contribution in [0.3, 0.4) is 0 Å². The normalized spacial score (nSPS) is 15.3. The van der Waals surface area contributed by atoms with Crippen molar-refractivity contribution in [2.75, 3.05) is 26.2 Å². The monoisotopic (exact) mass is 371 g/mol. The van der Waals surface area contributed by atoms with Crippen LogP contribution in [-0.4, -0.2) is 64.0 Å². The molecule has 3 rings (SSSR count). The molecule has 0 aliphatic carbocycles. The number of aliphatic carboxylic acids is 1. The second-order valence-corrected chi connectivity index (χ2v) is 6.77. The minimum Gasteiger partial charge on any atom is -0.480 e. The quantitative estimate of drug-likeness (QED) is 0.840. The van der Waals surface area contributed by atoms with Gasteiger partial charge in [0, 0.05) is 24.7 Å². The first-order valence-corrected chi connectivity index (χ1v) is 9.27. The number of carboxylic acids is 1. The Morgan fingerprint density at radius 2 is 1.93 bits per heavy atom. The fraction of sp³-hybridized carbons (Fsp3) is 0.450. The Bertz CT molecular complexity index is 795. The third kappa shape index (κ3) is 4.36. The number of benzene rings is 1. The van der Waals surface area contributed by atoms with Crippen molar-refractivity contribution >= 4 is 11.9 Å². The third-order valence-electron chi connectivity index (χ3n) is 5.03. The summed E-state index contributed by atoms with van der Waals surface area (Å²) in [5.41, 5.74) is 1.19. The lowest BCUT2D eigenvalue weighted by Crippen LogP contribution is -2.48. The van der Waals surface area contributed by atoms with Crippen LogP contribution in [0.15, 0.2) is 34.7 Å². The second kappa shape index (κ2) is 8.35. The topological polar surface area (TPSA) is 86.9 Å². The van der Waals surface area contributed by atoms with Crippen LogP contribution in [0.1, 0.15) is 36.0 Å². The molecule has 0 bridgehead atoms. The molecule has 0 saturated carbocycles. The molecule has 0 radical (unpaired) electrons. The molecule has 0 atom stereocenters. The van der Waals surface area contributed by atoms with E-state index in [4.69, 9.17) is 9.52 Å². The Kier molecular flexibility index (Phi) is 5.91. The first-order chi connectivity index (χ1) is 13.0. The summed E-state index contributed by atoms with van der Waals surface area (Å²) in [6.07, 6.45) is 1.52. The smallest absolute Gasteiger partial charge is 0.317 e. The summed E-state index contributed by atoms with van der Waals surface area (Å²) in [6.45, 7) is 5.63. The summed E-state index contributed by atoms with van der Waals surface area (Å²) in [4.78, 5) is 32.0. The summed E-state index contributed by atoms with van der Waals surface area (Å²) in [5, 5.41) is 9.04. The van der Waals surface area contributed by atoms with E-state index in [0.29, 0.717) is 37.0 Å². The molecule has 1 amide bonds. The second-order valence-electron chi connectivity index (χ2n) is 6.77. The first-order valence-electron chi connectivity index (χ1n) is 9.27. The van der Waals surface area contributed by atoms with Gasteiger partial charge < -0.3 is 14.4 Å². The van der Waals surface area contributed by atoms with E-state index in [1.54, 1.807) is 11.8 Å². The van der Waals surface area contributed by atoms with Crippen LogP contribution in [0.4, 0.5) is 0 Å². The van der Waals surface area contributed by atoms with Gasteiger partial charge in [-0.1, -0.05) is 25.1 Å². The van der Waals surface area contributed by atoms with E-state index in [1.807, 2.05) is 42.2 Å². The van der Waals surface area contributed by atoms with Crippen molar-refractivity contribution in [1.29, 1.82) is 0 Å². The number of nitrogens with zero attached hydrogens (tertiary/aromatic N) is 3. The molecule has 0 unspecified atom stereocenters. The number of aromatic nitrogens is 1. The van der Waals surface area contributed by atoms with Crippen LogP contribution in [0, 0.1) is 6.92 Å².